The van der Waals surface area contributed by atoms with Crippen molar-refractivity contribution in [2.75, 3.05) is 6.54 Å². The van der Waals surface area contributed by atoms with Gasteiger partial charge in [-0.2, -0.15) is 0 Å². The Bertz CT molecular complexity index is 228. The molecule has 0 bridgehead atoms. The van der Waals surface area contributed by atoms with Crippen molar-refractivity contribution in [1.82, 2.24) is 5.32 Å². The van der Waals surface area contributed by atoms with E-state index in [1.807, 2.05) is 0 Å². The fourth-order valence-corrected chi connectivity index (χ4v) is 1.12. The van der Waals surface area contributed by atoms with Crippen LogP contribution in [0.5, 0.6) is 0 Å². The molecule has 1 rings (SSSR count). The first-order valence-corrected chi connectivity index (χ1v) is 5.22. The molecule has 1 aliphatic heterocycles. The lowest BCUT2D eigenvalue weighted by atomic mass is 10.2. The standard InChI is InChI=1S/C6H11NO.C4H6O4/c8-6-4-2-1-3-5-7-6;5-3(6)1-2-4(7)8/h1-5H2,(H,7,8);1-2H2,(H,5,6)(H,7,8). The monoisotopic (exact) mass is 231 g/mol. The smallest absolute Gasteiger partial charge is 0.303 e. The van der Waals surface area contributed by atoms with Gasteiger partial charge in [-0.3, -0.25) is 14.4 Å². The van der Waals surface area contributed by atoms with E-state index in [4.69, 9.17) is 10.2 Å². The second kappa shape index (κ2) is 8.70. The summed E-state index contributed by atoms with van der Waals surface area (Å²) < 4.78 is 0. The minimum atomic E-state index is -1.08. The first kappa shape index (κ1) is 14.4. The molecule has 0 aromatic carbocycles. The van der Waals surface area contributed by atoms with Gasteiger partial charge < -0.3 is 15.5 Å². The van der Waals surface area contributed by atoms with Gasteiger partial charge in [-0.05, 0) is 12.8 Å². The molecule has 1 aliphatic rings. The van der Waals surface area contributed by atoms with Crippen LogP contribution in [0, 0.1) is 0 Å². The van der Waals surface area contributed by atoms with E-state index in [2.05, 4.69) is 5.32 Å². The van der Waals surface area contributed by atoms with Gasteiger partial charge in [-0.15, -0.1) is 0 Å². The molecule has 0 aromatic rings. The molecule has 0 radical (unpaired) electrons. The van der Waals surface area contributed by atoms with Crippen molar-refractivity contribution in [2.45, 2.75) is 38.5 Å². The van der Waals surface area contributed by atoms with Gasteiger partial charge in [0.05, 0.1) is 12.8 Å². The molecule has 0 aromatic heterocycles. The van der Waals surface area contributed by atoms with E-state index in [-0.39, 0.29) is 18.7 Å². The molecule has 1 saturated heterocycles. The predicted octanol–water partition coefficient (Wildman–Crippen LogP) is 0.612. The van der Waals surface area contributed by atoms with Crippen molar-refractivity contribution < 1.29 is 24.6 Å². The van der Waals surface area contributed by atoms with Crippen LogP contribution in [0.15, 0.2) is 0 Å². The molecule has 6 heteroatoms. The third-order valence-corrected chi connectivity index (χ3v) is 1.96. The Morgan fingerprint density at radius 3 is 2.12 bits per heavy atom. The lowest BCUT2D eigenvalue weighted by Gasteiger charge is -1.93. The molecule has 1 amide bonds. The summed E-state index contributed by atoms with van der Waals surface area (Å²) in [7, 11) is 0. The van der Waals surface area contributed by atoms with E-state index in [0.717, 1.165) is 25.8 Å². The van der Waals surface area contributed by atoms with Crippen LogP contribution in [-0.2, 0) is 14.4 Å². The Balaban J connectivity index is 0.000000281. The molecule has 3 N–H and O–H groups in total. The minimum absolute atomic E-state index is 0.225. The van der Waals surface area contributed by atoms with E-state index in [1.54, 1.807) is 0 Å². The highest BCUT2D eigenvalue weighted by molar-refractivity contribution is 5.76. The molecule has 1 fully saturated rings. The van der Waals surface area contributed by atoms with Crippen molar-refractivity contribution >= 4 is 17.8 Å². The highest BCUT2D eigenvalue weighted by Gasteiger charge is 2.03. The molecule has 0 aliphatic carbocycles. The fourth-order valence-electron chi connectivity index (χ4n) is 1.12. The van der Waals surface area contributed by atoms with Crippen molar-refractivity contribution in [3.8, 4) is 0 Å². The van der Waals surface area contributed by atoms with E-state index >= 15 is 0 Å². The van der Waals surface area contributed by atoms with Crippen molar-refractivity contribution in [2.24, 2.45) is 0 Å². The number of rotatable bonds is 3. The second-order valence-electron chi connectivity index (χ2n) is 3.45. The number of amides is 1. The number of carbonyl (C=O) groups is 3. The predicted molar refractivity (Wildman–Crippen MR) is 56.0 cm³/mol. The SMILES string of the molecule is O=C(O)CCC(=O)O.O=C1CCCCCN1. The van der Waals surface area contributed by atoms with Crippen LogP contribution in [0.3, 0.4) is 0 Å². The summed E-state index contributed by atoms with van der Waals surface area (Å²) in [6.45, 7) is 0.888. The van der Waals surface area contributed by atoms with Crippen LogP contribution in [0.1, 0.15) is 38.5 Å². The highest BCUT2D eigenvalue weighted by atomic mass is 16.4. The van der Waals surface area contributed by atoms with Gasteiger partial charge in [-0.1, -0.05) is 6.42 Å². The van der Waals surface area contributed by atoms with E-state index in [0.29, 0.717) is 0 Å². The summed E-state index contributed by atoms with van der Waals surface area (Å²) in [4.78, 5) is 29.9. The average molecular weight is 231 g/mol. The number of aliphatic carboxylic acids is 2. The minimum Gasteiger partial charge on any atom is -0.481 e. The Hall–Kier alpha value is -1.59. The van der Waals surface area contributed by atoms with Gasteiger partial charge in [0, 0.05) is 13.0 Å². The molecule has 0 unspecified atom stereocenters. The Labute approximate surface area is 93.6 Å². The van der Waals surface area contributed by atoms with Crippen LogP contribution >= 0.6 is 0 Å². The molecule has 1 heterocycles. The molecular weight excluding hydrogens is 214 g/mol. The van der Waals surface area contributed by atoms with Crippen LogP contribution in [0.25, 0.3) is 0 Å². The zero-order valence-corrected chi connectivity index (χ0v) is 9.07. The summed E-state index contributed by atoms with van der Waals surface area (Å²) in [6.07, 6.45) is 3.58. The number of hydrogen-bond donors (Lipinski definition) is 3. The molecule has 92 valence electrons. The normalized spacial score (nSPS) is 15.1. The van der Waals surface area contributed by atoms with Crippen LogP contribution in [0.4, 0.5) is 0 Å². The third-order valence-electron chi connectivity index (χ3n) is 1.96. The Kier molecular flexibility index (Phi) is 7.83. The Morgan fingerprint density at radius 2 is 1.62 bits per heavy atom. The van der Waals surface area contributed by atoms with E-state index in [9.17, 15) is 14.4 Å². The van der Waals surface area contributed by atoms with Crippen molar-refractivity contribution in [1.29, 1.82) is 0 Å². The maximum absolute atomic E-state index is 10.6. The largest absolute Gasteiger partial charge is 0.481 e. The van der Waals surface area contributed by atoms with Crippen LogP contribution in [-0.4, -0.2) is 34.6 Å². The number of carbonyl (C=O) groups excluding carboxylic acids is 1. The topological polar surface area (TPSA) is 104 Å². The number of hydrogen-bond acceptors (Lipinski definition) is 3. The van der Waals surface area contributed by atoms with Gasteiger partial charge in [-0.25, -0.2) is 0 Å². The zero-order chi connectivity index (χ0) is 12.4. The summed E-state index contributed by atoms with van der Waals surface area (Å²) in [5.74, 6) is -1.93. The number of nitrogens with one attached hydrogen (secondary N) is 1. The van der Waals surface area contributed by atoms with Crippen molar-refractivity contribution in [3.05, 3.63) is 0 Å². The number of carboxylic acid groups (broad SMARTS) is 2. The highest BCUT2D eigenvalue weighted by Crippen LogP contribution is 2.02. The maximum atomic E-state index is 10.6. The molecule has 0 saturated carbocycles. The lowest BCUT2D eigenvalue weighted by Crippen LogP contribution is -2.21. The summed E-state index contributed by atoms with van der Waals surface area (Å²) in [6, 6.07) is 0. The lowest BCUT2D eigenvalue weighted by molar-refractivity contribution is -0.143. The molecule has 16 heavy (non-hydrogen) atoms. The van der Waals surface area contributed by atoms with Gasteiger partial charge in [0.1, 0.15) is 0 Å². The molecular formula is C10H17NO5. The maximum Gasteiger partial charge on any atom is 0.303 e. The summed E-state index contributed by atoms with van der Waals surface area (Å²) >= 11 is 0. The van der Waals surface area contributed by atoms with Gasteiger partial charge >= 0.3 is 11.9 Å². The van der Waals surface area contributed by atoms with Gasteiger partial charge in [0.2, 0.25) is 5.91 Å². The first-order chi connectivity index (χ1) is 7.52. The summed E-state index contributed by atoms with van der Waals surface area (Å²) in [5.41, 5.74) is 0. The van der Waals surface area contributed by atoms with Crippen LogP contribution in [0.2, 0.25) is 0 Å². The average Bonchev–Trinajstić information content (AvgIpc) is 2.44. The number of carboxylic acids is 2. The van der Waals surface area contributed by atoms with E-state index in [1.165, 1.54) is 6.42 Å². The molecule has 0 atom stereocenters. The van der Waals surface area contributed by atoms with Gasteiger partial charge in [0.25, 0.3) is 0 Å². The summed E-state index contributed by atoms with van der Waals surface area (Å²) in [5, 5.41) is 18.6. The fraction of sp³-hybridized carbons (Fsp3) is 0.700. The van der Waals surface area contributed by atoms with Gasteiger partial charge in [0.15, 0.2) is 0 Å². The molecule has 0 spiro atoms. The zero-order valence-electron chi connectivity index (χ0n) is 9.07. The van der Waals surface area contributed by atoms with Crippen LogP contribution < -0.4 is 5.32 Å². The Morgan fingerprint density at radius 1 is 1.06 bits per heavy atom. The van der Waals surface area contributed by atoms with E-state index < -0.39 is 11.9 Å². The van der Waals surface area contributed by atoms with Crippen molar-refractivity contribution in [3.63, 3.8) is 0 Å². The second-order valence-corrected chi connectivity index (χ2v) is 3.45. The first-order valence-electron chi connectivity index (χ1n) is 5.22. The molecule has 6 nitrogen and oxygen atoms in total. The third kappa shape index (κ3) is 10.5. The quantitative estimate of drug-likeness (QED) is 0.660.